The number of rotatable bonds is 4. The summed E-state index contributed by atoms with van der Waals surface area (Å²) in [5.74, 6) is 2.26. The second-order valence-corrected chi connectivity index (χ2v) is 4.67. The molecule has 1 aliphatic rings. The van der Waals surface area contributed by atoms with Crippen LogP contribution in [-0.2, 0) is 6.42 Å². The average Bonchev–Trinajstić information content (AvgIpc) is 2.92. The van der Waals surface area contributed by atoms with E-state index in [1.807, 2.05) is 30.1 Å². The van der Waals surface area contributed by atoms with Gasteiger partial charge in [-0.3, -0.25) is 0 Å². The van der Waals surface area contributed by atoms with Crippen LogP contribution in [0.2, 0.25) is 0 Å². The third kappa shape index (κ3) is 2.73. The van der Waals surface area contributed by atoms with Gasteiger partial charge >= 0.3 is 0 Å². The lowest BCUT2D eigenvalue weighted by molar-refractivity contribution is 0.173. The Morgan fingerprint density at radius 1 is 1.14 bits per heavy atom. The Bertz CT molecular complexity index is 643. The topological polar surface area (TPSA) is 112 Å². The number of ether oxygens (including phenoxy) is 2. The zero-order valence-electron chi connectivity index (χ0n) is 11.6. The predicted molar refractivity (Wildman–Crippen MR) is 78.2 cm³/mol. The minimum atomic E-state index is 0.113. The van der Waals surface area contributed by atoms with Crippen LogP contribution in [0.1, 0.15) is 5.56 Å². The van der Waals surface area contributed by atoms with E-state index in [-0.39, 0.29) is 18.7 Å². The molecule has 0 amide bonds. The molecule has 0 fully saturated rings. The Hall–Kier alpha value is -2.77. The number of anilines is 3. The van der Waals surface area contributed by atoms with Crippen LogP contribution in [0.4, 0.5) is 17.8 Å². The number of likely N-dealkylation sites (N-methyl/N-ethyl adjacent to an activating group) is 1. The monoisotopic (exact) mass is 288 g/mol. The van der Waals surface area contributed by atoms with Gasteiger partial charge in [-0.1, -0.05) is 12.1 Å². The third-order valence-corrected chi connectivity index (χ3v) is 3.19. The molecule has 21 heavy (non-hydrogen) atoms. The summed E-state index contributed by atoms with van der Waals surface area (Å²) in [7, 11) is 1.87. The van der Waals surface area contributed by atoms with Gasteiger partial charge in [0.15, 0.2) is 11.5 Å². The highest BCUT2D eigenvalue weighted by Crippen LogP contribution is 2.35. The maximum Gasteiger partial charge on any atom is 0.231 e. The number of nitrogens with two attached hydrogens (primary N) is 2. The van der Waals surface area contributed by atoms with Gasteiger partial charge < -0.3 is 25.8 Å². The van der Waals surface area contributed by atoms with Gasteiger partial charge in [-0.25, -0.2) is 0 Å². The molecule has 0 bridgehead atoms. The van der Waals surface area contributed by atoms with Crippen molar-refractivity contribution in [1.29, 1.82) is 0 Å². The molecule has 0 atom stereocenters. The number of nitrogens with zero attached hydrogens (tertiary/aromatic N) is 4. The van der Waals surface area contributed by atoms with Gasteiger partial charge in [-0.2, -0.15) is 15.0 Å². The van der Waals surface area contributed by atoms with E-state index in [0.29, 0.717) is 12.5 Å². The zero-order chi connectivity index (χ0) is 14.8. The summed E-state index contributed by atoms with van der Waals surface area (Å²) in [6.07, 6.45) is 0.758. The maximum absolute atomic E-state index is 5.57. The van der Waals surface area contributed by atoms with Crippen molar-refractivity contribution in [2.45, 2.75) is 6.42 Å². The Morgan fingerprint density at radius 2 is 1.90 bits per heavy atom. The van der Waals surface area contributed by atoms with Gasteiger partial charge in [0, 0.05) is 13.6 Å². The minimum absolute atomic E-state index is 0.113. The first-order chi connectivity index (χ1) is 10.1. The van der Waals surface area contributed by atoms with E-state index in [1.165, 1.54) is 0 Å². The first-order valence-corrected chi connectivity index (χ1v) is 6.49. The summed E-state index contributed by atoms with van der Waals surface area (Å²) >= 11 is 0. The lowest BCUT2D eigenvalue weighted by Crippen LogP contribution is -2.24. The first-order valence-electron chi connectivity index (χ1n) is 6.49. The highest BCUT2D eigenvalue weighted by molar-refractivity contribution is 5.48. The molecule has 3 rings (SSSR count). The smallest absolute Gasteiger partial charge is 0.231 e. The third-order valence-electron chi connectivity index (χ3n) is 3.19. The first kappa shape index (κ1) is 13.2. The van der Waals surface area contributed by atoms with Crippen LogP contribution in [0, 0.1) is 0 Å². The molecule has 0 aliphatic carbocycles. The quantitative estimate of drug-likeness (QED) is 0.833. The summed E-state index contributed by atoms with van der Waals surface area (Å²) in [5.41, 5.74) is 12.2. The number of aromatic nitrogens is 3. The fourth-order valence-corrected chi connectivity index (χ4v) is 2.14. The second kappa shape index (κ2) is 5.31. The fraction of sp³-hybridized carbons (Fsp3) is 0.308. The molecule has 1 aromatic carbocycles. The second-order valence-electron chi connectivity index (χ2n) is 4.67. The van der Waals surface area contributed by atoms with E-state index < -0.39 is 0 Å². The van der Waals surface area contributed by atoms with Crippen molar-refractivity contribution in [1.82, 2.24) is 15.0 Å². The van der Waals surface area contributed by atoms with Crippen LogP contribution in [0.15, 0.2) is 18.2 Å². The summed E-state index contributed by atoms with van der Waals surface area (Å²) in [6, 6.07) is 5.85. The summed E-state index contributed by atoms with van der Waals surface area (Å²) in [6.45, 7) is 0.950. The van der Waals surface area contributed by atoms with E-state index in [0.717, 1.165) is 23.5 Å². The van der Waals surface area contributed by atoms with Gasteiger partial charge in [-0.15, -0.1) is 0 Å². The van der Waals surface area contributed by atoms with Crippen molar-refractivity contribution >= 4 is 17.8 Å². The molecule has 0 spiro atoms. The number of nitrogen functional groups attached to an aromatic ring is 2. The molecule has 0 saturated carbocycles. The number of benzene rings is 1. The van der Waals surface area contributed by atoms with Crippen LogP contribution in [0.5, 0.6) is 11.5 Å². The van der Waals surface area contributed by atoms with E-state index in [1.54, 1.807) is 0 Å². The molecule has 0 unspecified atom stereocenters. The average molecular weight is 288 g/mol. The highest BCUT2D eigenvalue weighted by atomic mass is 16.7. The van der Waals surface area contributed by atoms with Crippen molar-refractivity contribution < 1.29 is 9.47 Å². The van der Waals surface area contributed by atoms with Crippen molar-refractivity contribution in [3.8, 4) is 11.5 Å². The molecule has 0 radical (unpaired) electrons. The van der Waals surface area contributed by atoms with Gasteiger partial charge in [0.25, 0.3) is 0 Å². The molecule has 8 heteroatoms. The molecular weight excluding hydrogens is 272 g/mol. The summed E-state index contributed by atoms with van der Waals surface area (Å²) in [5, 5.41) is 0. The lowest BCUT2D eigenvalue weighted by atomic mass is 10.1. The van der Waals surface area contributed by atoms with E-state index >= 15 is 0 Å². The molecule has 1 aromatic heterocycles. The van der Waals surface area contributed by atoms with E-state index in [2.05, 4.69) is 15.0 Å². The molecule has 110 valence electrons. The van der Waals surface area contributed by atoms with Crippen molar-refractivity contribution in [2.24, 2.45) is 0 Å². The largest absolute Gasteiger partial charge is 0.454 e. The van der Waals surface area contributed by atoms with Gasteiger partial charge in [0.2, 0.25) is 24.6 Å². The van der Waals surface area contributed by atoms with Crippen LogP contribution < -0.4 is 25.8 Å². The molecule has 1 aliphatic heterocycles. The zero-order valence-corrected chi connectivity index (χ0v) is 11.6. The lowest BCUT2D eigenvalue weighted by Gasteiger charge is -2.17. The SMILES string of the molecule is CN(CCc1cccc2c1OCO2)c1nc(N)nc(N)n1. The van der Waals surface area contributed by atoms with Crippen molar-refractivity contribution in [3.05, 3.63) is 23.8 Å². The number of hydrogen-bond donors (Lipinski definition) is 2. The Balaban J connectivity index is 1.71. The van der Waals surface area contributed by atoms with Gasteiger partial charge in [-0.05, 0) is 18.1 Å². The van der Waals surface area contributed by atoms with Gasteiger partial charge in [0.05, 0.1) is 0 Å². The van der Waals surface area contributed by atoms with Crippen LogP contribution >= 0.6 is 0 Å². The van der Waals surface area contributed by atoms with Crippen molar-refractivity contribution in [3.63, 3.8) is 0 Å². The molecule has 8 nitrogen and oxygen atoms in total. The predicted octanol–water partition coefficient (Wildman–Crippen LogP) is 0.444. The van der Waals surface area contributed by atoms with Crippen LogP contribution in [0.3, 0.4) is 0 Å². The number of hydrogen-bond acceptors (Lipinski definition) is 8. The summed E-state index contributed by atoms with van der Waals surface area (Å²) in [4.78, 5) is 13.7. The highest BCUT2D eigenvalue weighted by Gasteiger charge is 2.17. The Labute approximate surface area is 121 Å². The molecule has 2 heterocycles. The molecule has 2 aromatic rings. The van der Waals surface area contributed by atoms with Crippen LogP contribution in [-0.4, -0.2) is 35.3 Å². The Morgan fingerprint density at radius 3 is 2.67 bits per heavy atom. The van der Waals surface area contributed by atoms with Gasteiger partial charge in [0.1, 0.15) is 0 Å². The maximum atomic E-state index is 5.57. The molecule has 4 N–H and O–H groups in total. The Kier molecular flexibility index (Phi) is 3.35. The van der Waals surface area contributed by atoms with Crippen molar-refractivity contribution in [2.75, 3.05) is 36.8 Å². The van der Waals surface area contributed by atoms with E-state index in [9.17, 15) is 0 Å². The van der Waals surface area contributed by atoms with Crippen LogP contribution in [0.25, 0.3) is 0 Å². The van der Waals surface area contributed by atoms with E-state index in [4.69, 9.17) is 20.9 Å². The fourth-order valence-electron chi connectivity index (χ4n) is 2.14. The number of para-hydroxylation sites is 1. The number of fused-ring (bicyclic) bond motifs is 1. The standard InChI is InChI=1S/C13H16N6O2/c1-19(13-17-11(14)16-12(15)18-13)6-5-8-3-2-4-9-10(8)21-7-20-9/h2-4H,5-7H2,1H3,(H4,14,15,16,17,18). The minimum Gasteiger partial charge on any atom is -0.454 e. The summed E-state index contributed by atoms with van der Waals surface area (Å²) < 4.78 is 10.8. The molecular formula is C13H16N6O2. The normalized spacial score (nSPS) is 12.4. The molecule has 0 saturated heterocycles.